The van der Waals surface area contributed by atoms with Crippen LogP contribution in [0, 0.1) is 11.3 Å². The number of nitriles is 1. The van der Waals surface area contributed by atoms with E-state index in [1.54, 1.807) is 0 Å². The molecule has 1 atom stereocenters. The lowest BCUT2D eigenvalue weighted by Crippen LogP contribution is -2.31. The molecule has 0 spiro atoms. The Morgan fingerprint density at radius 2 is 2.26 bits per heavy atom. The van der Waals surface area contributed by atoms with E-state index in [1.165, 1.54) is 11.8 Å². The SMILES string of the molecule is C=C(C)CSC1=C(C#N)[C@H](c2ccccc2OCC)CC(=O)N1. The molecule has 1 aromatic rings. The molecule has 4 nitrogen and oxygen atoms in total. The van der Waals surface area contributed by atoms with Gasteiger partial charge in [0.15, 0.2) is 0 Å². The molecule has 0 saturated carbocycles. The average Bonchev–Trinajstić information content (AvgIpc) is 2.53. The smallest absolute Gasteiger partial charge is 0.225 e. The summed E-state index contributed by atoms with van der Waals surface area (Å²) in [7, 11) is 0. The molecule has 5 heteroatoms. The van der Waals surface area contributed by atoms with E-state index >= 15 is 0 Å². The monoisotopic (exact) mass is 328 g/mol. The predicted molar refractivity (Wildman–Crippen MR) is 93.0 cm³/mol. The minimum atomic E-state index is -0.274. The molecule has 0 saturated heterocycles. The normalized spacial score (nSPS) is 17.4. The number of hydrogen-bond acceptors (Lipinski definition) is 4. The summed E-state index contributed by atoms with van der Waals surface area (Å²) in [5.74, 6) is 1.04. The van der Waals surface area contributed by atoms with Gasteiger partial charge in [0.05, 0.1) is 23.3 Å². The molecule has 1 amide bonds. The summed E-state index contributed by atoms with van der Waals surface area (Å²) in [6.07, 6.45) is 0.254. The average molecular weight is 328 g/mol. The van der Waals surface area contributed by atoms with Crippen molar-refractivity contribution in [2.24, 2.45) is 0 Å². The molecule has 1 heterocycles. The highest BCUT2D eigenvalue weighted by Crippen LogP contribution is 2.39. The molecule has 1 aliphatic heterocycles. The summed E-state index contributed by atoms with van der Waals surface area (Å²) in [5.41, 5.74) is 2.46. The molecule has 0 aliphatic carbocycles. The zero-order valence-corrected chi connectivity index (χ0v) is 14.2. The molecular weight excluding hydrogens is 308 g/mol. The molecule has 2 rings (SSSR count). The first-order valence-corrected chi connectivity index (χ1v) is 8.48. The highest BCUT2D eigenvalue weighted by Gasteiger charge is 2.31. The number of thioether (sulfide) groups is 1. The van der Waals surface area contributed by atoms with Crippen molar-refractivity contribution in [3.8, 4) is 11.8 Å². The van der Waals surface area contributed by atoms with Gasteiger partial charge in [0.1, 0.15) is 5.75 Å². The highest BCUT2D eigenvalue weighted by molar-refractivity contribution is 8.03. The highest BCUT2D eigenvalue weighted by atomic mass is 32.2. The summed E-state index contributed by atoms with van der Waals surface area (Å²) in [4.78, 5) is 12.1. The van der Waals surface area contributed by atoms with Gasteiger partial charge in [-0.15, -0.1) is 11.8 Å². The van der Waals surface area contributed by atoms with Crippen LogP contribution < -0.4 is 10.1 Å². The van der Waals surface area contributed by atoms with Crippen molar-refractivity contribution in [3.63, 3.8) is 0 Å². The van der Waals surface area contributed by atoms with E-state index < -0.39 is 0 Å². The summed E-state index contributed by atoms with van der Waals surface area (Å²) < 4.78 is 5.67. The maximum Gasteiger partial charge on any atom is 0.225 e. The Kier molecular flexibility index (Phi) is 5.89. The molecule has 120 valence electrons. The van der Waals surface area contributed by atoms with Crippen molar-refractivity contribution in [2.45, 2.75) is 26.2 Å². The van der Waals surface area contributed by atoms with E-state index in [9.17, 15) is 10.1 Å². The van der Waals surface area contributed by atoms with Crippen LogP contribution in [0.2, 0.25) is 0 Å². The van der Waals surface area contributed by atoms with Crippen LogP contribution in [0.1, 0.15) is 31.7 Å². The minimum Gasteiger partial charge on any atom is -0.494 e. The topological polar surface area (TPSA) is 62.1 Å². The Morgan fingerprint density at radius 3 is 2.91 bits per heavy atom. The Hall–Kier alpha value is -2.19. The number of ether oxygens (including phenoxy) is 1. The van der Waals surface area contributed by atoms with E-state index in [4.69, 9.17) is 4.74 Å². The van der Waals surface area contributed by atoms with Crippen molar-refractivity contribution >= 4 is 17.7 Å². The van der Waals surface area contributed by atoms with Gasteiger partial charge in [0.2, 0.25) is 5.91 Å². The van der Waals surface area contributed by atoms with Crippen molar-refractivity contribution in [1.82, 2.24) is 5.32 Å². The van der Waals surface area contributed by atoms with Crippen molar-refractivity contribution < 1.29 is 9.53 Å². The van der Waals surface area contributed by atoms with Crippen LogP contribution in [0.4, 0.5) is 0 Å². The molecule has 1 N–H and O–H groups in total. The number of para-hydroxylation sites is 1. The van der Waals surface area contributed by atoms with Crippen LogP contribution in [0.3, 0.4) is 0 Å². The number of carbonyl (C=O) groups is 1. The first-order valence-electron chi connectivity index (χ1n) is 7.49. The lowest BCUT2D eigenvalue weighted by atomic mass is 9.86. The number of nitrogens with one attached hydrogen (secondary N) is 1. The third-order valence-electron chi connectivity index (χ3n) is 3.41. The van der Waals surface area contributed by atoms with Gasteiger partial charge in [-0.25, -0.2) is 0 Å². The van der Waals surface area contributed by atoms with Crippen molar-refractivity contribution in [2.75, 3.05) is 12.4 Å². The first-order chi connectivity index (χ1) is 11.1. The van der Waals surface area contributed by atoms with Crippen LogP contribution in [0.5, 0.6) is 5.75 Å². The second-order valence-corrected chi connectivity index (χ2v) is 6.36. The number of amides is 1. The lowest BCUT2D eigenvalue weighted by Gasteiger charge is -2.26. The Bertz CT molecular complexity index is 689. The molecule has 0 unspecified atom stereocenters. The molecule has 23 heavy (non-hydrogen) atoms. The van der Waals surface area contributed by atoms with Crippen molar-refractivity contribution in [1.29, 1.82) is 5.26 Å². The molecular formula is C18H20N2O2S. The fourth-order valence-corrected chi connectivity index (χ4v) is 3.37. The van der Waals surface area contributed by atoms with Gasteiger partial charge < -0.3 is 10.1 Å². The van der Waals surface area contributed by atoms with E-state index in [2.05, 4.69) is 18.0 Å². The summed E-state index contributed by atoms with van der Waals surface area (Å²) in [6.45, 7) is 8.25. The van der Waals surface area contributed by atoms with Gasteiger partial charge in [-0.3, -0.25) is 4.79 Å². The van der Waals surface area contributed by atoms with Gasteiger partial charge in [-0.05, 0) is 19.9 Å². The zero-order chi connectivity index (χ0) is 16.8. The maximum atomic E-state index is 12.1. The Labute approximate surface area is 141 Å². The lowest BCUT2D eigenvalue weighted by molar-refractivity contribution is -0.120. The van der Waals surface area contributed by atoms with Crippen LogP contribution in [0.25, 0.3) is 0 Å². The molecule has 0 aromatic heterocycles. The van der Waals surface area contributed by atoms with Gasteiger partial charge in [0.25, 0.3) is 0 Å². The molecule has 0 bridgehead atoms. The van der Waals surface area contributed by atoms with Crippen LogP contribution >= 0.6 is 11.8 Å². The van der Waals surface area contributed by atoms with Gasteiger partial charge in [-0.2, -0.15) is 5.26 Å². The second kappa shape index (κ2) is 7.89. The third-order valence-corrected chi connectivity index (χ3v) is 4.66. The van der Waals surface area contributed by atoms with Crippen molar-refractivity contribution in [3.05, 3.63) is 52.6 Å². The Morgan fingerprint density at radius 1 is 1.52 bits per heavy atom. The van der Waals surface area contributed by atoms with E-state index in [1.807, 2.05) is 38.1 Å². The summed E-state index contributed by atoms with van der Waals surface area (Å²) in [5, 5.41) is 13.1. The second-order valence-electron chi connectivity index (χ2n) is 5.38. The summed E-state index contributed by atoms with van der Waals surface area (Å²) >= 11 is 1.44. The standard InChI is InChI=1S/C18H20N2O2S/c1-4-22-16-8-6-5-7-13(16)14-9-17(21)20-18(15(14)10-19)23-11-12(2)3/h5-8,14H,2,4,9,11H2,1,3H3,(H,20,21)/t14-/m0/s1. The fourth-order valence-electron chi connectivity index (χ4n) is 2.45. The van der Waals surface area contributed by atoms with Crippen LogP contribution in [-0.4, -0.2) is 18.3 Å². The van der Waals surface area contributed by atoms with Gasteiger partial charge in [-0.1, -0.05) is 30.4 Å². The molecule has 0 radical (unpaired) electrons. The molecule has 1 aliphatic rings. The third kappa shape index (κ3) is 4.17. The Balaban J connectivity index is 2.43. The van der Waals surface area contributed by atoms with Gasteiger partial charge >= 0.3 is 0 Å². The number of hydrogen-bond donors (Lipinski definition) is 1. The van der Waals surface area contributed by atoms with Gasteiger partial charge in [0, 0.05) is 23.7 Å². The zero-order valence-electron chi connectivity index (χ0n) is 13.4. The molecule has 0 fully saturated rings. The van der Waals surface area contributed by atoms with Crippen LogP contribution in [0.15, 0.2) is 47.0 Å². The number of benzene rings is 1. The number of nitrogens with zero attached hydrogens (tertiary/aromatic N) is 1. The quantitative estimate of drug-likeness (QED) is 0.808. The number of carbonyl (C=O) groups excluding carboxylic acids is 1. The molecule has 1 aromatic carbocycles. The van der Waals surface area contributed by atoms with E-state index in [-0.39, 0.29) is 18.2 Å². The largest absolute Gasteiger partial charge is 0.494 e. The maximum absolute atomic E-state index is 12.1. The van der Waals surface area contributed by atoms with E-state index in [0.717, 1.165) is 16.9 Å². The fraction of sp³-hybridized carbons (Fsp3) is 0.333. The number of allylic oxidation sites excluding steroid dienone is 1. The first kappa shape index (κ1) is 17.2. The minimum absolute atomic E-state index is 0.0792. The number of rotatable bonds is 6. The predicted octanol–water partition coefficient (Wildman–Crippen LogP) is 3.73. The van der Waals surface area contributed by atoms with Crippen LogP contribution in [-0.2, 0) is 4.79 Å². The van der Waals surface area contributed by atoms with E-state index in [0.29, 0.717) is 23.0 Å². The summed E-state index contributed by atoms with van der Waals surface area (Å²) in [6, 6.07) is 9.87.